The highest BCUT2D eigenvalue weighted by Gasteiger charge is 2.39. The van der Waals surface area contributed by atoms with Crippen molar-refractivity contribution in [1.29, 1.82) is 0 Å². The van der Waals surface area contributed by atoms with E-state index in [1.165, 1.54) is 0 Å². The lowest BCUT2D eigenvalue weighted by Gasteiger charge is -2.41. The number of allylic oxidation sites excluding steroid dienone is 1. The Morgan fingerprint density at radius 2 is 2.23 bits per heavy atom. The van der Waals surface area contributed by atoms with Crippen molar-refractivity contribution in [3.63, 3.8) is 0 Å². The molecule has 0 heterocycles. The number of ketones is 1. The van der Waals surface area contributed by atoms with Crippen molar-refractivity contribution in [2.24, 2.45) is 17.3 Å². The highest BCUT2D eigenvalue weighted by Crippen LogP contribution is 2.44. The van der Waals surface area contributed by atoms with Gasteiger partial charge in [-0.3, -0.25) is 4.79 Å². The van der Waals surface area contributed by atoms with Crippen molar-refractivity contribution in [1.82, 2.24) is 0 Å². The van der Waals surface area contributed by atoms with Crippen LogP contribution < -0.4 is 0 Å². The zero-order valence-electron chi connectivity index (χ0n) is 8.97. The van der Waals surface area contributed by atoms with Crippen LogP contribution in [0.2, 0.25) is 0 Å². The maximum atomic E-state index is 11.5. The molecule has 0 amide bonds. The highest BCUT2D eigenvalue weighted by atomic mass is 16.1. The van der Waals surface area contributed by atoms with Crippen molar-refractivity contribution < 1.29 is 4.79 Å². The van der Waals surface area contributed by atoms with Gasteiger partial charge in [0.15, 0.2) is 0 Å². The van der Waals surface area contributed by atoms with Gasteiger partial charge in [-0.1, -0.05) is 26.8 Å². The number of rotatable bonds is 2. The molecule has 74 valence electrons. The molecule has 0 aromatic carbocycles. The number of hydrogen-bond acceptors (Lipinski definition) is 1. The zero-order chi connectivity index (χ0) is 10.1. The molecule has 13 heavy (non-hydrogen) atoms. The van der Waals surface area contributed by atoms with Gasteiger partial charge in [-0.2, -0.15) is 0 Å². The number of carbonyl (C=O) groups excluding carboxylic acids is 1. The van der Waals surface area contributed by atoms with Crippen molar-refractivity contribution in [2.45, 2.75) is 40.0 Å². The molecule has 0 spiro atoms. The second-order valence-corrected chi connectivity index (χ2v) is 4.87. The van der Waals surface area contributed by atoms with Crippen molar-refractivity contribution in [3.05, 3.63) is 12.7 Å². The van der Waals surface area contributed by atoms with Gasteiger partial charge in [0.1, 0.15) is 5.78 Å². The first-order valence-electron chi connectivity index (χ1n) is 5.12. The predicted octanol–water partition coefficient (Wildman–Crippen LogP) is 3.20. The molecule has 1 saturated carbocycles. The van der Waals surface area contributed by atoms with E-state index in [1.807, 2.05) is 6.08 Å². The molecular formula is C12H20O. The normalized spacial score (nSPS) is 33.0. The van der Waals surface area contributed by atoms with E-state index in [1.54, 1.807) is 0 Å². The van der Waals surface area contributed by atoms with Crippen LogP contribution in [-0.2, 0) is 4.79 Å². The highest BCUT2D eigenvalue weighted by molar-refractivity contribution is 5.82. The van der Waals surface area contributed by atoms with E-state index in [0.29, 0.717) is 17.1 Å². The minimum Gasteiger partial charge on any atom is -0.299 e. The maximum absolute atomic E-state index is 11.5. The largest absolute Gasteiger partial charge is 0.299 e. The fourth-order valence-corrected chi connectivity index (χ4v) is 2.46. The van der Waals surface area contributed by atoms with Gasteiger partial charge in [-0.05, 0) is 24.2 Å². The van der Waals surface area contributed by atoms with Gasteiger partial charge in [-0.15, -0.1) is 6.58 Å². The molecule has 0 aliphatic heterocycles. The standard InChI is InChI=1S/C12H20O/c1-5-6-10-9(2)11(13)7-8-12(10,3)4/h5,9-10H,1,6-8H2,2-4H3/t9?,10-/m1/s1. The van der Waals surface area contributed by atoms with Gasteiger partial charge in [0.25, 0.3) is 0 Å². The molecule has 1 nitrogen and oxygen atoms in total. The number of carbonyl (C=O) groups is 1. The van der Waals surface area contributed by atoms with E-state index >= 15 is 0 Å². The third kappa shape index (κ3) is 2.01. The quantitative estimate of drug-likeness (QED) is 0.596. The second-order valence-electron chi connectivity index (χ2n) is 4.87. The summed E-state index contributed by atoms with van der Waals surface area (Å²) < 4.78 is 0. The van der Waals surface area contributed by atoms with Crippen LogP contribution in [0.5, 0.6) is 0 Å². The molecule has 0 N–H and O–H groups in total. The SMILES string of the molecule is C=CC[C@@H]1C(C)C(=O)CCC1(C)C. The zero-order valence-corrected chi connectivity index (χ0v) is 8.97. The molecule has 2 atom stereocenters. The van der Waals surface area contributed by atoms with Crippen LogP contribution in [0.25, 0.3) is 0 Å². The lowest BCUT2D eigenvalue weighted by Crippen LogP contribution is -2.38. The molecule has 0 aromatic rings. The van der Waals surface area contributed by atoms with E-state index in [-0.39, 0.29) is 5.92 Å². The molecule has 1 aliphatic rings. The summed E-state index contributed by atoms with van der Waals surface area (Å²) in [6.07, 6.45) is 4.72. The predicted molar refractivity (Wildman–Crippen MR) is 55.5 cm³/mol. The fourth-order valence-electron chi connectivity index (χ4n) is 2.46. The van der Waals surface area contributed by atoms with Crippen LogP contribution in [0, 0.1) is 17.3 Å². The van der Waals surface area contributed by atoms with E-state index in [9.17, 15) is 4.79 Å². The molecule has 1 rings (SSSR count). The molecule has 1 aliphatic carbocycles. The van der Waals surface area contributed by atoms with Gasteiger partial charge in [-0.25, -0.2) is 0 Å². The first kappa shape index (κ1) is 10.5. The molecule has 1 fully saturated rings. The summed E-state index contributed by atoms with van der Waals surface area (Å²) in [5.41, 5.74) is 0.307. The summed E-state index contributed by atoms with van der Waals surface area (Å²) >= 11 is 0. The van der Waals surface area contributed by atoms with Gasteiger partial charge in [0.2, 0.25) is 0 Å². The van der Waals surface area contributed by atoms with E-state index in [2.05, 4.69) is 27.4 Å². The Morgan fingerprint density at radius 1 is 1.62 bits per heavy atom. The molecular weight excluding hydrogens is 160 g/mol. The smallest absolute Gasteiger partial charge is 0.136 e. The van der Waals surface area contributed by atoms with E-state index in [4.69, 9.17) is 0 Å². The maximum Gasteiger partial charge on any atom is 0.136 e. The Labute approximate surface area is 81.2 Å². The third-order valence-electron chi connectivity index (χ3n) is 3.55. The Hall–Kier alpha value is -0.590. The van der Waals surface area contributed by atoms with Gasteiger partial charge < -0.3 is 0 Å². The van der Waals surface area contributed by atoms with Crippen molar-refractivity contribution >= 4 is 5.78 Å². The Bertz CT molecular complexity index is 215. The topological polar surface area (TPSA) is 17.1 Å². The Balaban J connectivity index is 2.81. The van der Waals surface area contributed by atoms with Gasteiger partial charge in [0.05, 0.1) is 0 Å². The molecule has 1 unspecified atom stereocenters. The van der Waals surface area contributed by atoms with Crippen LogP contribution in [0.3, 0.4) is 0 Å². The van der Waals surface area contributed by atoms with Crippen LogP contribution in [0.4, 0.5) is 0 Å². The first-order valence-corrected chi connectivity index (χ1v) is 5.12. The Kier molecular flexibility index (Phi) is 2.94. The second kappa shape index (κ2) is 3.65. The summed E-state index contributed by atoms with van der Waals surface area (Å²) in [6, 6.07) is 0. The number of hydrogen-bond donors (Lipinski definition) is 0. The van der Waals surface area contributed by atoms with E-state index in [0.717, 1.165) is 19.3 Å². The average molecular weight is 180 g/mol. The lowest BCUT2D eigenvalue weighted by atomic mass is 9.62. The first-order chi connectivity index (χ1) is 5.99. The summed E-state index contributed by atoms with van der Waals surface area (Å²) in [4.78, 5) is 11.5. The fraction of sp³-hybridized carbons (Fsp3) is 0.750. The van der Waals surface area contributed by atoms with Crippen LogP contribution >= 0.6 is 0 Å². The van der Waals surface area contributed by atoms with Crippen LogP contribution in [0.15, 0.2) is 12.7 Å². The lowest BCUT2D eigenvalue weighted by molar-refractivity contribution is -0.130. The molecule has 0 bridgehead atoms. The van der Waals surface area contributed by atoms with Gasteiger partial charge in [0, 0.05) is 12.3 Å². The minimum atomic E-state index is 0.224. The van der Waals surface area contributed by atoms with E-state index < -0.39 is 0 Å². The monoisotopic (exact) mass is 180 g/mol. The van der Waals surface area contributed by atoms with Crippen molar-refractivity contribution in [2.75, 3.05) is 0 Å². The third-order valence-corrected chi connectivity index (χ3v) is 3.55. The van der Waals surface area contributed by atoms with Gasteiger partial charge >= 0.3 is 0 Å². The summed E-state index contributed by atoms with van der Waals surface area (Å²) in [7, 11) is 0. The number of Topliss-reactive ketones (excluding diaryl/α,β-unsaturated/α-hetero) is 1. The minimum absolute atomic E-state index is 0.224. The molecule has 1 heteroatoms. The summed E-state index contributed by atoms with van der Waals surface area (Å²) in [6.45, 7) is 10.4. The molecule has 0 saturated heterocycles. The summed E-state index contributed by atoms with van der Waals surface area (Å²) in [5, 5.41) is 0. The average Bonchev–Trinajstić information content (AvgIpc) is 2.07. The molecule has 0 aromatic heterocycles. The van der Waals surface area contributed by atoms with Crippen molar-refractivity contribution in [3.8, 4) is 0 Å². The molecule has 0 radical (unpaired) electrons. The summed E-state index contributed by atoms with van der Waals surface area (Å²) in [5.74, 6) is 1.15. The van der Waals surface area contributed by atoms with Crippen LogP contribution in [0.1, 0.15) is 40.0 Å². The Morgan fingerprint density at radius 3 is 2.77 bits per heavy atom. The van der Waals surface area contributed by atoms with Crippen LogP contribution in [-0.4, -0.2) is 5.78 Å².